The number of hydrogen-bond acceptors (Lipinski definition) is 6. The molecule has 2 aromatic carbocycles. The summed E-state index contributed by atoms with van der Waals surface area (Å²) in [5.74, 6) is -0.843. The molecular formula is C30H34F3N5O5S. The summed E-state index contributed by atoms with van der Waals surface area (Å²) in [7, 11) is -3.69. The van der Waals surface area contributed by atoms with Gasteiger partial charge in [0, 0.05) is 50.3 Å². The van der Waals surface area contributed by atoms with Crippen LogP contribution in [0.5, 0.6) is 0 Å². The summed E-state index contributed by atoms with van der Waals surface area (Å²) in [4.78, 5) is 43.3. The van der Waals surface area contributed by atoms with Crippen LogP contribution in [0.2, 0.25) is 0 Å². The predicted octanol–water partition coefficient (Wildman–Crippen LogP) is 2.65. The van der Waals surface area contributed by atoms with Gasteiger partial charge in [-0.3, -0.25) is 19.4 Å². The van der Waals surface area contributed by atoms with Gasteiger partial charge in [0.1, 0.15) is 11.4 Å². The summed E-state index contributed by atoms with van der Waals surface area (Å²) in [5.41, 5.74) is 0.138. The highest BCUT2D eigenvalue weighted by Crippen LogP contribution is 2.34. The number of carbonyl (C=O) groups excluding carboxylic acids is 3. The van der Waals surface area contributed by atoms with E-state index in [0.717, 1.165) is 23.3 Å². The number of aryl methyl sites for hydroxylation is 2. The summed E-state index contributed by atoms with van der Waals surface area (Å²) in [6.45, 7) is 4.35. The highest BCUT2D eigenvalue weighted by Gasteiger charge is 2.47. The number of sulfonamides is 1. The van der Waals surface area contributed by atoms with E-state index in [9.17, 15) is 36.0 Å². The zero-order valence-electron chi connectivity index (χ0n) is 24.4. The fourth-order valence-corrected chi connectivity index (χ4v) is 7.45. The number of halogens is 3. The maximum Gasteiger partial charge on any atom is 0.416 e. The zero-order chi connectivity index (χ0) is 31.9. The first-order valence-electron chi connectivity index (χ1n) is 14.4. The maximum absolute atomic E-state index is 13.2. The van der Waals surface area contributed by atoms with Crippen molar-refractivity contribution >= 4 is 33.6 Å². The Kier molecular flexibility index (Phi) is 8.60. The highest BCUT2D eigenvalue weighted by atomic mass is 32.2. The van der Waals surface area contributed by atoms with Crippen LogP contribution in [0.1, 0.15) is 58.8 Å². The number of amides is 3. The third kappa shape index (κ3) is 6.65. The van der Waals surface area contributed by atoms with E-state index in [-0.39, 0.29) is 67.4 Å². The van der Waals surface area contributed by atoms with Crippen molar-refractivity contribution in [2.45, 2.75) is 57.3 Å². The maximum atomic E-state index is 13.2. The van der Waals surface area contributed by atoms with Crippen LogP contribution in [-0.4, -0.2) is 84.7 Å². The number of hydrogen-bond donors (Lipinski definition) is 2. The lowest BCUT2D eigenvalue weighted by atomic mass is 9.89. The summed E-state index contributed by atoms with van der Waals surface area (Å²) < 4.78 is 67.3. The van der Waals surface area contributed by atoms with Crippen molar-refractivity contribution in [1.82, 2.24) is 19.8 Å². The van der Waals surface area contributed by atoms with Crippen LogP contribution in [0.4, 0.5) is 13.2 Å². The minimum atomic E-state index is -4.54. The Bertz CT molecular complexity index is 1620. The normalized spacial score (nSPS) is 20.5. The molecule has 0 bridgehead atoms. The van der Waals surface area contributed by atoms with Crippen LogP contribution in [0.3, 0.4) is 0 Å². The molecule has 2 N–H and O–H groups in total. The van der Waals surface area contributed by atoms with Crippen LogP contribution in [0.15, 0.2) is 47.5 Å². The van der Waals surface area contributed by atoms with Crippen molar-refractivity contribution in [2.24, 2.45) is 4.99 Å². The van der Waals surface area contributed by atoms with Gasteiger partial charge in [0.15, 0.2) is 0 Å². The van der Waals surface area contributed by atoms with Crippen LogP contribution in [0.25, 0.3) is 0 Å². The molecule has 14 heteroatoms. The molecule has 5 rings (SSSR count). The number of amidine groups is 1. The molecular weight excluding hydrogens is 599 g/mol. The Morgan fingerprint density at radius 2 is 1.84 bits per heavy atom. The molecule has 0 radical (unpaired) electrons. The summed E-state index contributed by atoms with van der Waals surface area (Å²) in [6, 6.07) is 9.68. The van der Waals surface area contributed by atoms with E-state index in [1.165, 1.54) is 23.4 Å². The first-order valence-corrected chi connectivity index (χ1v) is 16.0. The van der Waals surface area contributed by atoms with Crippen molar-refractivity contribution in [2.75, 3.05) is 31.9 Å². The summed E-state index contributed by atoms with van der Waals surface area (Å²) in [5, 5.41) is 5.42. The van der Waals surface area contributed by atoms with Gasteiger partial charge in [0.05, 0.1) is 11.3 Å². The van der Waals surface area contributed by atoms with Crippen LogP contribution in [0, 0.1) is 6.92 Å². The van der Waals surface area contributed by atoms with E-state index in [4.69, 9.17) is 0 Å². The van der Waals surface area contributed by atoms with E-state index in [2.05, 4.69) is 15.6 Å². The SMILES string of the molecule is CC(=O)NC1CCN(C(=O)c2ccc(CCS(=O)(=O)N3CCC4(CC3)N=C(c3cccc(C(F)(F)F)c3)NC4=O)c(C)c2)C1. The smallest absolute Gasteiger partial charge is 0.352 e. The molecule has 0 aromatic heterocycles. The lowest BCUT2D eigenvalue weighted by Gasteiger charge is -2.34. The second kappa shape index (κ2) is 12.0. The number of nitrogens with one attached hydrogen (secondary N) is 2. The molecule has 2 saturated heterocycles. The Balaban J connectivity index is 1.18. The molecule has 236 valence electrons. The van der Waals surface area contributed by atoms with Gasteiger partial charge in [-0.05, 0) is 68.0 Å². The molecule has 0 saturated carbocycles. The zero-order valence-corrected chi connectivity index (χ0v) is 25.2. The van der Waals surface area contributed by atoms with Crippen molar-refractivity contribution in [3.63, 3.8) is 0 Å². The first kappa shape index (κ1) is 31.6. The molecule has 1 atom stereocenters. The number of aliphatic imine (C=N–C) groups is 1. The van der Waals surface area contributed by atoms with Crippen molar-refractivity contribution in [1.29, 1.82) is 0 Å². The highest BCUT2D eigenvalue weighted by molar-refractivity contribution is 7.89. The van der Waals surface area contributed by atoms with Gasteiger partial charge in [-0.1, -0.05) is 18.2 Å². The minimum absolute atomic E-state index is 0.0482. The number of benzene rings is 2. The predicted molar refractivity (Wildman–Crippen MR) is 156 cm³/mol. The van der Waals surface area contributed by atoms with Gasteiger partial charge in [0.2, 0.25) is 15.9 Å². The van der Waals surface area contributed by atoms with Crippen LogP contribution < -0.4 is 10.6 Å². The molecule has 0 aliphatic carbocycles. The average molecular weight is 634 g/mol. The second-order valence-corrected chi connectivity index (χ2v) is 13.7. The monoisotopic (exact) mass is 633 g/mol. The van der Waals surface area contributed by atoms with E-state index in [0.29, 0.717) is 25.1 Å². The van der Waals surface area contributed by atoms with E-state index in [1.807, 2.05) is 6.92 Å². The molecule has 3 aliphatic rings. The van der Waals surface area contributed by atoms with Gasteiger partial charge in [0.25, 0.3) is 11.8 Å². The lowest BCUT2D eigenvalue weighted by molar-refractivity contribution is -0.137. The van der Waals surface area contributed by atoms with Crippen molar-refractivity contribution in [3.05, 3.63) is 70.3 Å². The number of carbonyl (C=O) groups is 3. The molecule has 10 nitrogen and oxygen atoms in total. The number of likely N-dealkylation sites (tertiary alicyclic amines) is 1. The average Bonchev–Trinajstić information content (AvgIpc) is 3.55. The molecule has 3 amide bonds. The Hall–Kier alpha value is -3.78. The quantitative estimate of drug-likeness (QED) is 0.485. The minimum Gasteiger partial charge on any atom is -0.352 e. The number of piperidine rings is 1. The van der Waals surface area contributed by atoms with Crippen molar-refractivity contribution in [3.8, 4) is 0 Å². The molecule has 1 unspecified atom stereocenters. The third-order valence-electron chi connectivity index (χ3n) is 8.49. The van der Waals surface area contributed by atoms with Gasteiger partial charge >= 0.3 is 6.18 Å². The first-order chi connectivity index (χ1) is 20.7. The number of rotatable bonds is 7. The van der Waals surface area contributed by atoms with E-state index >= 15 is 0 Å². The van der Waals surface area contributed by atoms with E-state index < -0.39 is 33.2 Å². The Morgan fingerprint density at radius 1 is 1.11 bits per heavy atom. The fraction of sp³-hybridized carbons (Fsp3) is 0.467. The second-order valence-electron chi connectivity index (χ2n) is 11.6. The molecule has 2 aromatic rings. The standard InChI is InChI=1S/C30H34F3N5O5S/c1-19-16-23(27(40)37-12-8-25(18-37)34-20(2)39)7-6-21(19)9-15-44(42,43)38-13-10-29(11-14-38)28(41)35-26(36-29)22-4-3-5-24(17-22)30(31,32)33/h3-7,16-17,25H,8-15,18H2,1-2H3,(H,34,39)(H,35,36,41). The largest absolute Gasteiger partial charge is 0.416 e. The topological polar surface area (TPSA) is 128 Å². The van der Waals surface area contributed by atoms with Gasteiger partial charge in [-0.15, -0.1) is 0 Å². The molecule has 3 aliphatic heterocycles. The number of nitrogens with zero attached hydrogens (tertiary/aromatic N) is 3. The third-order valence-corrected chi connectivity index (χ3v) is 10.4. The fourth-order valence-electron chi connectivity index (χ4n) is 5.98. The van der Waals surface area contributed by atoms with E-state index in [1.54, 1.807) is 23.1 Å². The van der Waals surface area contributed by atoms with Crippen LogP contribution >= 0.6 is 0 Å². The van der Waals surface area contributed by atoms with Gasteiger partial charge in [-0.25, -0.2) is 12.7 Å². The number of alkyl halides is 3. The summed E-state index contributed by atoms with van der Waals surface area (Å²) in [6.07, 6.45) is -3.41. The molecule has 44 heavy (non-hydrogen) atoms. The van der Waals surface area contributed by atoms with Gasteiger partial charge < -0.3 is 15.5 Å². The van der Waals surface area contributed by atoms with Crippen molar-refractivity contribution < 1.29 is 36.0 Å². The Labute approximate surface area is 253 Å². The molecule has 3 heterocycles. The molecule has 1 spiro atoms. The lowest BCUT2D eigenvalue weighted by Crippen LogP contribution is -2.50. The van der Waals surface area contributed by atoms with Crippen LogP contribution in [-0.2, 0) is 32.2 Å². The Morgan fingerprint density at radius 3 is 2.50 bits per heavy atom. The summed E-state index contributed by atoms with van der Waals surface area (Å²) >= 11 is 0. The van der Waals surface area contributed by atoms with Gasteiger partial charge in [-0.2, -0.15) is 13.2 Å². The molecule has 2 fully saturated rings.